The molecule has 0 bridgehead atoms. The maximum atomic E-state index is 7.07. The summed E-state index contributed by atoms with van der Waals surface area (Å²) in [5.41, 5.74) is 13.9. The molecule has 196 valence electrons. The number of hydrogen-bond acceptors (Lipinski definition) is 0. The molecule has 0 amide bonds. The van der Waals surface area contributed by atoms with E-state index in [2.05, 4.69) is 118 Å². The standard InChI is InChI=1S/C36H34Cl2Si/c1-5-23-20-27-18-13-19-29(25-14-9-7-10-15-25)31(27)35(23)39(3,4)36-24(6-2)21-28-22-30(37)34(38)32(33(28)36)26-16-11-8-12-17-26/h7-19,21-22,36H,5-6,20H2,1-4H3. The van der Waals surface area contributed by atoms with Crippen molar-refractivity contribution in [1.82, 2.24) is 0 Å². The second kappa shape index (κ2) is 10.3. The predicted octanol–water partition coefficient (Wildman–Crippen LogP) is 11.4. The van der Waals surface area contributed by atoms with E-state index in [-0.39, 0.29) is 0 Å². The van der Waals surface area contributed by atoms with Crippen LogP contribution in [0.3, 0.4) is 0 Å². The van der Waals surface area contributed by atoms with E-state index in [0.29, 0.717) is 15.6 Å². The molecule has 0 saturated carbocycles. The lowest BCUT2D eigenvalue weighted by atomic mass is 9.95. The van der Waals surface area contributed by atoms with Gasteiger partial charge >= 0.3 is 0 Å². The van der Waals surface area contributed by atoms with Crippen LogP contribution in [0.25, 0.3) is 33.5 Å². The van der Waals surface area contributed by atoms with Crippen LogP contribution in [0.5, 0.6) is 0 Å². The zero-order chi connectivity index (χ0) is 27.3. The summed E-state index contributed by atoms with van der Waals surface area (Å²) in [6.07, 6.45) is 5.55. The van der Waals surface area contributed by atoms with Crippen molar-refractivity contribution in [3.63, 3.8) is 0 Å². The number of rotatable bonds is 6. The molecule has 1 unspecified atom stereocenters. The molecule has 2 aliphatic rings. The number of benzene rings is 4. The van der Waals surface area contributed by atoms with Crippen LogP contribution in [0.1, 0.15) is 54.5 Å². The zero-order valence-electron chi connectivity index (χ0n) is 23.1. The van der Waals surface area contributed by atoms with Gasteiger partial charge in [0, 0.05) is 11.1 Å². The molecule has 0 spiro atoms. The van der Waals surface area contributed by atoms with Gasteiger partial charge in [-0.25, -0.2) is 0 Å². The van der Waals surface area contributed by atoms with E-state index >= 15 is 0 Å². The zero-order valence-corrected chi connectivity index (χ0v) is 25.6. The highest BCUT2D eigenvalue weighted by Gasteiger charge is 2.46. The molecule has 0 fully saturated rings. The van der Waals surface area contributed by atoms with Crippen molar-refractivity contribution < 1.29 is 0 Å². The topological polar surface area (TPSA) is 0 Å². The lowest BCUT2D eigenvalue weighted by Gasteiger charge is -2.37. The molecular weight excluding hydrogens is 531 g/mol. The molecule has 1 atom stereocenters. The largest absolute Gasteiger partial charge is 0.0931 e. The van der Waals surface area contributed by atoms with E-state index < -0.39 is 8.07 Å². The van der Waals surface area contributed by atoms with Gasteiger partial charge in [0.2, 0.25) is 0 Å². The van der Waals surface area contributed by atoms with E-state index in [4.69, 9.17) is 23.2 Å². The molecule has 0 saturated heterocycles. The van der Waals surface area contributed by atoms with Crippen LogP contribution >= 0.6 is 23.2 Å². The van der Waals surface area contributed by atoms with Gasteiger partial charge in [-0.3, -0.25) is 0 Å². The van der Waals surface area contributed by atoms with E-state index in [1.165, 1.54) is 39.0 Å². The molecule has 0 N–H and O–H groups in total. The van der Waals surface area contributed by atoms with Crippen molar-refractivity contribution in [2.45, 2.75) is 51.7 Å². The summed E-state index contributed by atoms with van der Waals surface area (Å²) in [5.74, 6) is 0. The monoisotopic (exact) mass is 564 g/mol. The smallest absolute Gasteiger partial charge is 0.0827 e. The first-order valence-corrected chi connectivity index (χ1v) is 17.9. The summed E-state index contributed by atoms with van der Waals surface area (Å²) in [6, 6.07) is 30.5. The minimum atomic E-state index is -2.17. The average molecular weight is 566 g/mol. The summed E-state index contributed by atoms with van der Waals surface area (Å²) in [4.78, 5) is 0. The Morgan fingerprint density at radius 1 is 0.769 bits per heavy atom. The quantitative estimate of drug-likeness (QED) is 0.204. The Labute approximate surface area is 244 Å². The second-order valence-corrected chi connectivity index (χ2v) is 16.7. The van der Waals surface area contributed by atoms with Gasteiger partial charge in [0.15, 0.2) is 0 Å². The van der Waals surface area contributed by atoms with E-state index in [1.807, 2.05) is 0 Å². The molecule has 4 aromatic rings. The van der Waals surface area contributed by atoms with Crippen molar-refractivity contribution in [3.05, 3.63) is 128 Å². The van der Waals surface area contributed by atoms with Crippen LogP contribution < -0.4 is 0 Å². The van der Waals surface area contributed by atoms with Crippen molar-refractivity contribution in [2.24, 2.45) is 0 Å². The number of allylic oxidation sites excluding steroid dienone is 2. The minimum Gasteiger partial charge on any atom is -0.0827 e. The molecule has 0 nitrogen and oxygen atoms in total. The summed E-state index contributed by atoms with van der Waals surface area (Å²) in [6.45, 7) is 9.82. The van der Waals surface area contributed by atoms with Gasteiger partial charge in [0.05, 0.1) is 18.1 Å². The van der Waals surface area contributed by atoms with E-state index in [0.717, 1.165) is 30.4 Å². The Balaban J connectivity index is 1.61. The molecule has 2 aliphatic carbocycles. The predicted molar refractivity (Wildman–Crippen MR) is 173 cm³/mol. The van der Waals surface area contributed by atoms with Crippen molar-refractivity contribution in [2.75, 3.05) is 0 Å². The summed E-state index contributed by atoms with van der Waals surface area (Å²) >= 11 is 13.8. The fourth-order valence-electron chi connectivity index (χ4n) is 7.20. The van der Waals surface area contributed by atoms with Crippen LogP contribution in [-0.2, 0) is 6.42 Å². The van der Waals surface area contributed by atoms with Crippen LogP contribution in [0.2, 0.25) is 23.1 Å². The van der Waals surface area contributed by atoms with E-state index in [9.17, 15) is 0 Å². The van der Waals surface area contributed by atoms with Crippen LogP contribution in [0.4, 0.5) is 0 Å². The highest BCUT2D eigenvalue weighted by Crippen LogP contribution is 2.56. The molecule has 0 aromatic heterocycles. The molecule has 39 heavy (non-hydrogen) atoms. The Hall–Kier alpha value is -2.84. The Kier molecular flexibility index (Phi) is 6.96. The number of fused-ring (bicyclic) bond motifs is 2. The fraction of sp³-hybridized carbons (Fsp3) is 0.222. The molecular formula is C36H34Cl2Si. The van der Waals surface area contributed by atoms with Gasteiger partial charge in [-0.15, -0.1) is 0 Å². The van der Waals surface area contributed by atoms with Crippen molar-refractivity contribution >= 4 is 42.5 Å². The van der Waals surface area contributed by atoms with Gasteiger partial charge in [-0.1, -0.05) is 151 Å². The average Bonchev–Trinajstić information content (AvgIpc) is 3.53. The molecule has 0 aliphatic heterocycles. The first-order valence-electron chi connectivity index (χ1n) is 14.0. The first-order chi connectivity index (χ1) is 18.9. The third-order valence-electron chi connectivity index (χ3n) is 8.80. The van der Waals surface area contributed by atoms with Gasteiger partial charge in [-0.05, 0) is 64.3 Å². The molecule has 6 rings (SSSR count). The molecule has 0 radical (unpaired) electrons. The lowest BCUT2D eigenvalue weighted by molar-refractivity contribution is 0.978. The fourth-order valence-corrected chi connectivity index (χ4v) is 12.3. The normalized spacial score (nSPS) is 16.4. The third kappa shape index (κ3) is 4.27. The van der Waals surface area contributed by atoms with Gasteiger partial charge in [0.1, 0.15) is 0 Å². The second-order valence-electron chi connectivity index (χ2n) is 11.4. The third-order valence-corrected chi connectivity index (χ3v) is 13.6. The Morgan fingerprint density at radius 3 is 2.08 bits per heavy atom. The SMILES string of the molecule is CCC1=Cc2cc(Cl)c(Cl)c(-c3ccccc3)c2C1[Si](C)(C)C1=C(CC)Cc2cccc(-c3ccccc3)c21. The molecule has 0 heterocycles. The number of halogens is 2. The molecule has 4 aromatic carbocycles. The minimum absolute atomic E-state index is 0.328. The summed E-state index contributed by atoms with van der Waals surface area (Å²) in [7, 11) is -2.17. The number of hydrogen-bond donors (Lipinski definition) is 0. The maximum absolute atomic E-state index is 7.07. The Bertz CT molecular complexity index is 1630. The van der Waals surface area contributed by atoms with Crippen molar-refractivity contribution in [1.29, 1.82) is 0 Å². The van der Waals surface area contributed by atoms with Crippen molar-refractivity contribution in [3.8, 4) is 22.3 Å². The van der Waals surface area contributed by atoms with E-state index in [1.54, 1.807) is 10.8 Å². The van der Waals surface area contributed by atoms with Crippen LogP contribution in [0, 0.1) is 0 Å². The Morgan fingerprint density at radius 2 is 1.44 bits per heavy atom. The highest BCUT2D eigenvalue weighted by atomic mass is 35.5. The van der Waals surface area contributed by atoms with Crippen LogP contribution in [0.15, 0.2) is 96.1 Å². The van der Waals surface area contributed by atoms with Crippen LogP contribution in [-0.4, -0.2) is 8.07 Å². The van der Waals surface area contributed by atoms with Gasteiger partial charge in [-0.2, -0.15) is 0 Å². The lowest BCUT2D eigenvalue weighted by Crippen LogP contribution is -2.38. The summed E-state index contributed by atoms with van der Waals surface area (Å²) in [5, 5.41) is 2.94. The van der Waals surface area contributed by atoms with Gasteiger partial charge < -0.3 is 0 Å². The van der Waals surface area contributed by atoms with Gasteiger partial charge in [0.25, 0.3) is 0 Å². The first kappa shape index (κ1) is 26.4. The summed E-state index contributed by atoms with van der Waals surface area (Å²) < 4.78 is 0. The molecule has 3 heteroatoms. The maximum Gasteiger partial charge on any atom is 0.0931 e. The highest BCUT2D eigenvalue weighted by molar-refractivity contribution is 6.96.